The molecule has 1 fully saturated rings. The molecule has 1 aliphatic rings. The van der Waals surface area contributed by atoms with Crippen molar-refractivity contribution in [3.8, 4) is 0 Å². The van der Waals surface area contributed by atoms with Crippen LogP contribution in [-0.4, -0.2) is 32.8 Å². The number of hydrogen-bond acceptors (Lipinski definition) is 3. The highest BCUT2D eigenvalue weighted by molar-refractivity contribution is 7.89. The van der Waals surface area contributed by atoms with Crippen molar-refractivity contribution in [3.63, 3.8) is 0 Å². The largest absolute Gasteiger partial charge is 0.313 e. The van der Waals surface area contributed by atoms with Crippen molar-refractivity contribution in [1.29, 1.82) is 0 Å². The highest BCUT2D eigenvalue weighted by atomic mass is 32.2. The van der Waals surface area contributed by atoms with E-state index in [9.17, 15) is 8.42 Å². The van der Waals surface area contributed by atoms with Gasteiger partial charge in [-0.1, -0.05) is 20.3 Å². The molecule has 1 saturated heterocycles. The molecule has 0 spiro atoms. The van der Waals surface area contributed by atoms with Gasteiger partial charge < -0.3 is 5.32 Å². The van der Waals surface area contributed by atoms with Crippen molar-refractivity contribution < 1.29 is 8.42 Å². The zero-order valence-electron chi connectivity index (χ0n) is 11.2. The molecular formula is C12H26N2O2S. The van der Waals surface area contributed by atoms with Crippen molar-refractivity contribution in [2.75, 3.05) is 12.3 Å². The van der Waals surface area contributed by atoms with Gasteiger partial charge in [0.1, 0.15) is 0 Å². The molecule has 1 heterocycles. The van der Waals surface area contributed by atoms with Gasteiger partial charge in [-0.25, -0.2) is 13.1 Å². The van der Waals surface area contributed by atoms with Crippen LogP contribution in [0.3, 0.4) is 0 Å². The van der Waals surface area contributed by atoms with Crippen LogP contribution in [0.15, 0.2) is 0 Å². The van der Waals surface area contributed by atoms with Crippen LogP contribution in [0.4, 0.5) is 0 Å². The summed E-state index contributed by atoms with van der Waals surface area (Å²) in [4.78, 5) is 0. The lowest BCUT2D eigenvalue weighted by molar-refractivity contribution is 0.444. The third-order valence-electron chi connectivity index (χ3n) is 3.42. The van der Waals surface area contributed by atoms with Crippen LogP contribution >= 0.6 is 0 Å². The molecule has 2 N–H and O–H groups in total. The van der Waals surface area contributed by atoms with Crippen LogP contribution in [-0.2, 0) is 10.0 Å². The van der Waals surface area contributed by atoms with Gasteiger partial charge in [-0.3, -0.25) is 0 Å². The lowest BCUT2D eigenvalue weighted by atomic mass is 10.0. The highest BCUT2D eigenvalue weighted by Gasteiger charge is 2.23. The Morgan fingerprint density at radius 2 is 2.12 bits per heavy atom. The molecule has 0 amide bonds. The van der Waals surface area contributed by atoms with Gasteiger partial charge in [-0.05, 0) is 38.6 Å². The Hall–Kier alpha value is -0.130. The van der Waals surface area contributed by atoms with Crippen LogP contribution in [0.2, 0.25) is 0 Å². The molecule has 0 bridgehead atoms. The summed E-state index contributed by atoms with van der Waals surface area (Å²) < 4.78 is 26.6. The minimum absolute atomic E-state index is 0.0383. The maximum atomic E-state index is 11.9. The predicted molar refractivity (Wildman–Crippen MR) is 71.5 cm³/mol. The van der Waals surface area contributed by atoms with Crippen LogP contribution in [0.5, 0.6) is 0 Å². The fourth-order valence-corrected chi connectivity index (χ4v) is 3.96. The van der Waals surface area contributed by atoms with Crippen LogP contribution in [0, 0.1) is 5.92 Å². The van der Waals surface area contributed by atoms with Crippen LogP contribution < -0.4 is 10.0 Å². The molecule has 0 aromatic rings. The first-order valence-electron chi connectivity index (χ1n) is 6.66. The molecular weight excluding hydrogens is 236 g/mol. The number of hydrogen-bond donors (Lipinski definition) is 2. The summed E-state index contributed by atoms with van der Waals surface area (Å²) in [5, 5.41) is 3.22. The molecule has 3 unspecified atom stereocenters. The molecule has 0 aromatic carbocycles. The lowest BCUT2D eigenvalue weighted by Crippen LogP contribution is -2.40. The SMILES string of the molecule is CCC(C)CC(C)NS(=O)(=O)CC1CCCN1. The minimum Gasteiger partial charge on any atom is -0.313 e. The van der Waals surface area contributed by atoms with Gasteiger partial charge in [-0.2, -0.15) is 0 Å². The minimum atomic E-state index is -3.13. The number of sulfonamides is 1. The van der Waals surface area contributed by atoms with Crippen molar-refractivity contribution in [2.24, 2.45) is 5.92 Å². The third kappa shape index (κ3) is 5.84. The van der Waals surface area contributed by atoms with E-state index in [2.05, 4.69) is 23.9 Å². The monoisotopic (exact) mass is 262 g/mol. The van der Waals surface area contributed by atoms with Crippen molar-refractivity contribution in [2.45, 2.75) is 58.5 Å². The van der Waals surface area contributed by atoms with E-state index in [0.717, 1.165) is 32.2 Å². The zero-order chi connectivity index (χ0) is 12.9. The first-order valence-corrected chi connectivity index (χ1v) is 8.31. The normalized spacial score (nSPS) is 24.8. The van der Waals surface area contributed by atoms with Gasteiger partial charge in [0.05, 0.1) is 5.75 Å². The van der Waals surface area contributed by atoms with Gasteiger partial charge in [-0.15, -0.1) is 0 Å². The Morgan fingerprint density at radius 3 is 2.65 bits per heavy atom. The Balaban J connectivity index is 2.37. The molecule has 1 rings (SSSR count). The molecule has 0 aliphatic carbocycles. The van der Waals surface area contributed by atoms with Gasteiger partial charge in [0.25, 0.3) is 0 Å². The Bertz CT molecular complexity index is 310. The van der Waals surface area contributed by atoms with Crippen LogP contribution in [0.1, 0.15) is 46.5 Å². The molecule has 4 nitrogen and oxygen atoms in total. The average Bonchev–Trinajstić information content (AvgIpc) is 2.67. The second-order valence-corrected chi connectivity index (χ2v) is 7.14. The highest BCUT2D eigenvalue weighted by Crippen LogP contribution is 2.11. The summed E-state index contributed by atoms with van der Waals surface area (Å²) in [6, 6.07) is 0.180. The molecule has 17 heavy (non-hydrogen) atoms. The summed E-state index contributed by atoms with van der Waals surface area (Å²) >= 11 is 0. The molecule has 0 aromatic heterocycles. The quantitative estimate of drug-likeness (QED) is 0.731. The topological polar surface area (TPSA) is 58.2 Å². The molecule has 5 heteroatoms. The lowest BCUT2D eigenvalue weighted by Gasteiger charge is -2.19. The summed E-state index contributed by atoms with van der Waals surface area (Å²) in [6.07, 6.45) is 4.06. The Kier molecular flexibility index (Phi) is 5.89. The predicted octanol–water partition coefficient (Wildman–Crippen LogP) is 1.48. The summed E-state index contributed by atoms with van der Waals surface area (Å²) in [6.45, 7) is 7.19. The van der Waals surface area contributed by atoms with E-state index in [-0.39, 0.29) is 17.8 Å². The summed E-state index contributed by atoms with van der Waals surface area (Å²) in [5.41, 5.74) is 0. The second kappa shape index (κ2) is 6.71. The second-order valence-electron chi connectivity index (χ2n) is 5.34. The summed E-state index contributed by atoms with van der Waals surface area (Å²) in [7, 11) is -3.13. The van der Waals surface area contributed by atoms with E-state index >= 15 is 0 Å². The van der Waals surface area contributed by atoms with E-state index in [1.165, 1.54) is 0 Å². The first kappa shape index (κ1) is 14.9. The van der Waals surface area contributed by atoms with E-state index in [0.29, 0.717) is 5.92 Å². The fraction of sp³-hybridized carbons (Fsp3) is 1.00. The zero-order valence-corrected chi connectivity index (χ0v) is 12.0. The maximum absolute atomic E-state index is 11.9. The third-order valence-corrected chi connectivity index (χ3v) is 5.02. The molecule has 0 radical (unpaired) electrons. The van der Waals surface area contributed by atoms with E-state index in [4.69, 9.17) is 0 Å². The Morgan fingerprint density at radius 1 is 1.41 bits per heavy atom. The molecule has 1 aliphatic heterocycles. The first-order chi connectivity index (χ1) is 7.93. The van der Waals surface area contributed by atoms with Gasteiger partial charge in [0.2, 0.25) is 10.0 Å². The fourth-order valence-electron chi connectivity index (χ4n) is 2.34. The average molecular weight is 262 g/mol. The molecule has 3 atom stereocenters. The van der Waals surface area contributed by atoms with Crippen molar-refractivity contribution in [1.82, 2.24) is 10.0 Å². The molecule has 0 saturated carbocycles. The molecule has 102 valence electrons. The maximum Gasteiger partial charge on any atom is 0.213 e. The van der Waals surface area contributed by atoms with E-state index in [1.54, 1.807) is 0 Å². The van der Waals surface area contributed by atoms with Gasteiger partial charge in [0, 0.05) is 12.1 Å². The van der Waals surface area contributed by atoms with Crippen molar-refractivity contribution >= 4 is 10.0 Å². The Labute approximate surface area is 106 Å². The number of nitrogens with one attached hydrogen (secondary N) is 2. The summed E-state index contributed by atoms with van der Waals surface area (Å²) in [5.74, 6) is 0.787. The van der Waals surface area contributed by atoms with E-state index in [1.807, 2.05) is 6.92 Å². The van der Waals surface area contributed by atoms with Crippen molar-refractivity contribution in [3.05, 3.63) is 0 Å². The van der Waals surface area contributed by atoms with Gasteiger partial charge in [0.15, 0.2) is 0 Å². The standard InChI is InChI=1S/C12H26N2O2S/c1-4-10(2)8-11(3)14-17(15,16)9-12-6-5-7-13-12/h10-14H,4-9H2,1-3H3. The number of rotatable bonds is 7. The van der Waals surface area contributed by atoms with Crippen LogP contribution in [0.25, 0.3) is 0 Å². The van der Waals surface area contributed by atoms with Gasteiger partial charge >= 0.3 is 0 Å². The van der Waals surface area contributed by atoms with E-state index < -0.39 is 10.0 Å². The smallest absolute Gasteiger partial charge is 0.213 e.